The number of ether oxygens (including phenoxy) is 1. The molecule has 1 aliphatic rings. The van der Waals surface area contributed by atoms with Gasteiger partial charge in [0.2, 0.25) is 0 Å². The molecular formula is C16H22BrClNO2+. The van der Waals surface area contributed by atoms with Crippen LogP contribution in [0.2, 0.25) is 5.02 Å². The molecule has 1 aromatic carbocycles. The standard InChI is InChI=1S/C16H21BrClNO2/c1-16(2,11-7-9-19-10-8-11)21-15(20)14(17)12-5-3-4-6-13(12)18/h3-6,11,14,19H,7-10H2,1-2H3/p+1. The van der Waals surface area contributed by atoms with Gasteiger partial charge in [0, 0.05) is 23.8 Å². The average Bonchev–Trinajstić information content (AvgIpc) is 2.47. The molecule has 1 saturated heterocycles. The van der Waals surface area contributed by atoms with Crippen LogP contribution in [-0.2, 0) is 9.53 Å². The van der Waals surface area contributed by atoms with Crippen molar-refractivity contribution >= 4 is 33.5 Å². The van der Waals surface area contributed by atoms with E-state index >= 15 is 0 Å². The van der Waals surface area contributed by atoms with E-state index in [0.717, 1.165) is 31.5 Å². The lowest BCUT2D eigenvalue weighted by Crippen LogP contribution is -2.86. The fourth-order valence-electron chi connectivity index (χ4n) is 2.82. The summed E-state index contributed by atoms with van der Waals surface area (Å²) in [6.07, 6.45) is 2.17. The highest BCUT2D eigenvalue weighted by molar-refractivity contribution is 9.09. The summed E-state index contributed by atoms with van der Waals surface area (Å²) in [5, 5.41) is 2.88. The summed E-state index contributed by atoms with van der Waals surface area (Å²) in [5.74, 6) is 0.139. The van der Waals surface area contributed by atoms with Gasteiger partial charge in [0.1, 0.15) is 10.4 Å². The Hall–Kier alpha value is -0.580. The number of hydrogen-bond donors (Lipinski definition) is 1. The van der Waals surface area contributed by atoms with E-state index in [1.807, 2.05) is 32.0 Å². The van der Waals surface area contributed by atoms with Crippen molar-refractivity contribution in [2.75, 3.05) is 13.1 Å². The predicted molar refractivity (Wildman–Crippen MR) is 87.7 cm³/mol. The van der Waals surface area contributed by atoms with Crippen LogP contribution >= 0.6 is 27.5 Å². The van der Waals surface area contributed by atoms with E-state index in [0.29, 0.717) is 10.9 Å². The molecule has 0 radical (unpaired) electrons. The summed E-state index contributed by atoms with van der Waals surface area (Å²) >= 11 is 9.55. The van der Waals surface area contributed by atoms with Gasteiger partial charge in [-0.15, -0.1) is 0 Å². The lowest BCUT2D eigenvalue weighted by atomic mass is 9.83. The topological polar surface area (TPSA) is 42.9 Å². The molecule has 5 heteroatoms. The lowest BCUT2D eigenvalue weighted by molar-refractivity contribution is -0.665. The Morgan fingerprint density at radius 1 is 1.38 bits per heavy atom. The van der Waals surface area contributed by atoms with Gasteiger partial charge in [0.25, 0.3) is 0 Å². The molecule has 0 amide bonds. The Bertz CT molecular complexity index is 501. The van der Waals surface area contributed by atoms with Crippen molar-refractivity contribution in [3.05, 3.63) is 34.9 Å². The summed E-state index contributed by atoms with van der Waals surface area (Å²) in [4.78, 5) is 11.9. The largest absolute Gasteiger partial charge is 0.458 e. The van der Waals surface area contributed by atoms with Gasteiger partial charge >= 0.3 is 5.97 Å². The number of carbonyl (C=O) groups excluding carboxylic acids is 1. The third-order valence-electron chi connectivity index (χ3n) is 4.17. The summed E-state index contributed by atoms with van der Waals surface area (Å²) in [5.41, 5.74) is 0.301. The first-order chi connectivity index (χ1) is 9.92. The van der Waals surface area contributed by atoms with Crippen LogP contribution in [0.25, 0.3) is 0 Å². The zero-order valence-corrected chi connectivity index (χ0v) is 14.8. The van der Waals surface area contributed by atoms with Gasteiger partial charge in [0.15, 0.2) is 0 Å². The summed E-state index contributed by atoms with van der Waals surface area (Å²) in [7, 11) is 0. The van der Waals surface area contributed by atoms with E-state index in [2.05, 4.69) is 21.2 Å². The molecule has 21 heavy (non-hydrogen) atoms. The third kappa shape index (κ3) is 4.21. The van der Waals surface area contributed by atoms with Gasteiger partial charge in [-0.3, -0.25) is 4.79 Å². The minimum absolute atomic E-state index is 0.275. The second kappa shape index (κ2) is 7.12. The van der Waals surface area contributed by atoms with E-state index < -0.39 is 10.4 Å². The second-order valence-corrected chi connectivity index (χ2v) is 7.37. The van der Waals surface area contributed by atoms with Crippen LogP contribution in [0, 0.1) is 5.92 Å². The number of alkyl halides is 1. The van der Waals surface area contributed by atoms with Crippen LogP contribution in [0.1, 0.15) is 37.1 Å². The Balaban J connectivity index is 2.04. The molecule has 0 aliphatic carbocycles. The van der Waals surface area contributed by atoms with Crippen LogP contribution < -0.4 is 5.32 Å². The first kappa shape index (κ1) is 16.8. The molecule has 3 nitrogen and oxygen atoms in total. The number of halogens is 2. The van der Waals surface area contributed by atoms with Crippen LogP contribution in [0.3, 0.4) is 0 Å². The highest BCUT2D eigenvalue weighted by Crippen LogP contribution is 2.34. The first-order valence-corrected chi connectivity index (χ1v) is 8.64. The second-order valence-electron chi connectivity index (χ2n) is 6.05. The fourth-order valence-corrected chi connectivity index (χ4v) is 3.69. The van der Waals surface area contributed by atoms with Gasteiger partial charge in [-0.2, -0.15) is 0 Å². The number of nitrogens with two attached hydrogens (primary N) is 1. The maximum absolute atomic E-state index is 12.4. The summed E-state index contributed by atoms with van der Waals surface area (Å²) < 4.78 is 5.79. The van der Waals surface area contributed by atoms with E-state index in [4.69, 9.17) is 16.3 Å². The minimum atomic E-state index is -0.527. The van der Waals surface area contributed by atoms with Crippen molar-refractivity contribution in [2.24, 2.45) is 5.92 Å². The quantitative estimate of drug-likeness (QED) is 0.649. The van der Waals surface area contributed by atoms with E-state index in [1.165, 1.54) is 0 Å². The Labute approximate surface area is 139 Å². The lowest BCUT2D eigenvalue weighted by Gasteiger charge is -2.36. The number of rotatable bonds is 4. The first-order valence-electron chi connectivity index (χ1n) is 7.35. The Morgan fingerprint density at radius 3 is 2.62 bits per heavy atom. The third-order valence-corrected chi connectivity index (χ3v) is 5.38. The molecule has 1 fully saturated rings. The molecule has 0 spiro atoms. The molecule has 1 aliphatic heterocycles. The molecule has 1 aromatic rings. The molecule has 1 heterocycles. The van der Waals surface area contributed by atoms with Crippen LogP contribution in [0.4, 0.5) is 0 Å². The Kier molecular flexibility index (Phi) is 5.69. The van der Waals surface area contributed by atoms with Gasteiger partial charge in [-0.25, -0.2) is 0 Å². The maximum atomic E-state index is 12.4. The van der Waals surface area contributed by atoms with Gasteiger partial charge in [-0.05, 0) is 25.5 Å². The molecular weight excluding hydrogens is 354 g/mol. The van der Waals surface area contributed by atoms with Crippen LogP contribution in [-0.4, -0.2) is 24.7 Å². The predicted octanol–water partition coefficient (Wildman–Crippen LogP) is 3.07. The van der Waals surface area contributed by atoms with Crippen molar-refractivity contribution < 1.29 is 14.8 Å². The smallest absolute Gasteiger partial charge is 0.324 e. The molecule has 0 aromatic heterocycles. The Morgan fingerprint density at radius 2 is 2.00 bits per heavy atom. The summed E-state index contributed by atoms with van der Waals surface area (Å²) in [6.45, 7) is 6.22. The maximum Gasteiger partial charge on any atom is 0.324 e. The molecule has 2 rings (SSSR count). The summed E-state index contributed by atoms with van der Waals surface area (Å²) in [6, 6.07) is 7.33. The SMILES string of the molecule is CC(C)(OC(=O)C(Br)c1ccccc1Cl)C1CC[NH2+]CC1. The van der Waals surface area contributed by atoms with Crippen LogP contribution in [0.15, 0.2) is 24.3 Å². The molecule has 1 atom stereocenters. The molecule has 116 valence electrons. The normalized spacial score (nSPS) is 18.3. The van der Waals surface area contributed by atoms with Crippen molar-refractivity contribution in [1.29, 1.82) is 0 Å². The number of hydrogen-bond acceptors (Lipinski definition) is 2. The van der Waals surface area contributed by atoms with Gasteiger partial charge < -0.3 is 10.1 Å². The highest BCUT2D eigenvalue weighted by atomic mass is 79.9. The number of esters is 1. The molecule has 0 saturated carbocycles. The van der Waals surface area contributed by atoms with Crippen molar-refractivity contribution in [1.82, 2.24) is 0 Å². The monoisotopic (exact) mass is 374 g/mol. The van der Waals surface area contributed by atoms with Crippen molar-refractivity contribution in [3.8, 4) is 0 Å². The van der Waals surface area contributed by atoms with Crippen molar-refractivity contribution in [2.45, 2.75) is 37.1 Å². The van der Waals surface area contributed by atoms with E-state index in [-0.39, 0.29) is 5.97 Å². The highest BCUT2D eigenvalue weighted by Gasteiger charge is 2.37. The molecule has 1 unspecified atom stereocenters. The van der Waals surface area contributed by atoms with E-state index in [9.17, 15) is 4.79 Å². The number of benzene rings is 1. The van der Waals surface area contributed by atoms with Crippen LogP contribution in [0.5, 0.6) is 0 Å². The van der Waals surface area contributed by atoms with Gasteiger partial charge in [0.05, 0.1) is 13.1 Å². The van der Waals surface area contributed by atoms with E-state index in [1.54, 1.807) is 6.07 Å². The number of piperidine rings is 1. The number of quaternary nitrogens is 1. The zero-order chi connectivity index (χ0) is 15.5. The minimum Gasteiger partial charge on any atom is -0.458 e. The zero-order valence-electron chi connectivity index (χ0n) is 12.4. The average molecular weight is 376 g/mol. The molecule has 0 bridgehead atoms. The van der Waals surface area contributed by atoms with Crippen molar-refractivity contribution in [3.63, 3.8) is 0 Å². The van der Waals surface area contributed by atoms with Gasteiger partial charge in [-0.1, -0.05) is 45.7 Å². The number of carbonyl (C=O) groups is 1. The molecule has 2 N–H and O–H groups in total. The fraction of sp³-hybridized carbons (Fsp3) is 0.562.